The lowest BCUT2D eigenvalue weighted by Crippen LogP contribution is -2.11. The third kappa shape index (κ3) is 9.00. The van der Waals surface area contributed by atoms with Gasteiger partial charge < -0.3 is 9.59 Å². The molecule has 0 unspecified atom stereocenters. The van der Waals surface area contributed by atoms with E-state index in [2.05, 4.69) is 0 Å². The van der Waals surface area contributed by atoms with Gasteiger partial charge in [-0.25, -0.2) is 0 Å². The molecule has 0 aromatic carbocycles. The first-order valence-corrected chi connectivity index (χ1v) is 4.62. The van der Waals surface area contributed by atoms with Crippen molar-refractivity contribution in [2.24, 2.45) is 0 Å². The fraction of sp³-hybridized carbons (Fsp3) is 0.455. The van der Waals surface area contributed by atoms with Crippen LogP contribution in [-0.2, 0) is 19.2 Å². The van der Waals surface area contributed by atoms with Crippen molar-refractivity contribution in [3.63, 3.8) is 0 Å². The van der Waals surface area contributed by atoms with Crippen LogP contribution in [0.3, 0.4) is 0 Å². The molecule has 82 valence electrons. The second kappa shape index (κ2) is 7.04. The van der Waals surface area contributed by atoms with Gasteiger partial charge in [0.2, 0.25) is 0 Å². The molecule has 0 aliphatic heterocycles. The van der Waals surface area contributed by atoms with Gasteiger partial charge in [0.15, 0.2) is 0 Å². The summed E-state index contributed by atoms with van der Waals surface area (Å²) in [7, 11) is 0. The zero-order valence-electron chi connectivity index (χ0n) is 8.91. The number of Topliss-reactive ketones (excluding diaryl/α,β-unsaturated/α-hetero) is 4. The minimum absolute atomic E-state index is 0.0544. The molecule has 0 spiro atoms. The van der Waals surface area contributed by atoms with Gasteiger partial charge in [0, 0.05) is 25.7 Å². The smallest absolute Gasteiger partial charge is 0.144 e. The molecule has 0 bridgehead atoms. The van der Waals surface area contributed by atoms with Gasteiger partial charge in [-0.15, -0.1) is 0 Å². The molecule has 0 fully saturated rings. The van der Waals surface area contributed by atoms with Crippen LogP contribution in [0.15, 0.2) is 0 Å². The lowest BCUT2D eigenvalue weighted by atomic mass is 10.0. The molecule has 0 aliphatic rings. The minimum atomic E-state index is -0.380. The average molecular weight is 210 g/mol. The Labute approximate surface area is 89.0 Å². The van der Waals surface area contributed by atoms with E-state index in [1.807, 2.05) is 0 Å². The monoisotopic (exact) mass is 210 g/mol. The maximum Gasteiger partial charge on any atom is 0.144 e. The van der Waals surface area contributed by atoms with Crippen molar-refractivity contribution >= 4 is 23.1 Å². The Morgan fingerprint density at radius 3 is 1.40 bits per heavy atom. The highest BCUT2D eigenvalue weighted by atomic mass is 16.2. The average Bonchev–Trinajstić information content (AvgIpc) is 2.11. The van der Waals surface area contributed by atoms with Crippen LogP contribution in [0.25, 0.3) is 0 Å². The summed E-state index contributed by atoms with van der Waals surface area (Å²) in [6.07, 6.45) is 2.24. The summed E-state index contributed by atoms with van der Waals surface area (Å²) < 4.78 is 0. The van der Waals surface area contributed by atoms with Crippen molar-refractivity contribution in [1.29, 1.82) is 0 Å². The molecule has 0 N–H and O–H groups in total. The van der Waals surface area contributed by atoms with Gasteiger partial charge in [-0.1, -0.05) is 0 Å². The number of rotatable bonds is 8. The van der Waals surface area contributed by atoms with Gasteiger partial charge in [-0.05, 0) is 13.8 Å². The molecule has 0 atom stereocenters. The predicted octanol–water partition coefficient (Wildman–Crippen LogP) is 0.881. The number of hydrogen-bond donors (Lipinski definition) is 0. The molecule has 0 amide bonds. The Bertz CT molecular complexity index is 250. The van der Waals surface area contributed by atoms with Crippen molar-refractivity contribution in [3.05, 3.63) is 12.8 Å². The highest BCUT2D eigenvalue weighted by Crippen LogP contribution is 2.00. The lowest BCUT2D eigenvalue weighted by molar-refractivity contribution is -0.126. The van der Waals surface area contributed by atoms with Gasteiger partial charge in [-0.3, -0.25) is 9.59 Å². The van der Waals surface area contributed by atoms with E-state index in [-0.39, 0.29) is 42.4 Å². The van der Waals surface area contributed by atoms with E-state index in [4.69, 9.17) is 0 Å². The van der Waals surface area contributed by atoms with Gasteiger partial charge in [0.05, 0.1) is 6.42 Å². The van der Waals surface area contributed by atoms with E-state index in [1.165, 1.54) is 26.7 Å². The number of carbonyl (C=O) groups excluding carboxylic acids is 4. The van der Waals surface area contributed by atoms with Gasteiger partial charge >= 0.3 is 0 Å². The molecule has 15 heavy (non-hydrogen) atoms. The van der Waals surface area contributed by atoms with E-state index >= 15 is 0 Å². The Morgan fingerprint density at radius 1 is 0.800 bits per heavy atom. The molecule has 2 radical (unpaired) electrons. The highest BCUT2D eigenvalue weighted by Gasteiger charge is 2.11. The van der Waals surface area contributed by atoms with Crippen molar-refractivity contribution in [1.82, 2.24) is 0 Å². The molecule has 0 aliphatic carbocycles. The van der Waals surface area contributed by atoms with Gasteiger partial charge in [0.25, 0.3) is 0 Å². The Kier molecular flexibility index (Phi) is 6.42. The maximum absolute atomic E-state index is 11.1. The quantitative estimate of drug-likeness (QED) is 0.558. The summed E-state index contributed by atoms with van der Waals surface area (Å²) in [5.74, 6) is -1.00. The fourth-order valence-electron chi connectivity index (χ4n) is 0.831. The van der Waals surface area contributed by atoms with E-state index in [1.54, 1.807) is 0 Å². The molecule has 0 saturated carbocycles. The van der Waals surface area contributed by atoms with Crippen LogP contribution < -0.4 is 0 Å². The van der Waals surface area contributed by atoms with Crippen LogP contribution in [0.2, 0.25) is 0 Å². The maximum atomic E-state index is 11.1. The molecule has 0 saturated heterocycles. The number of carbonyl (C=O) groups is 4. The lowest BCUT2D eigenvalue weighted by Gasteiger charge is -1.97. The van der Waals surface area contributed by atoms with Crippen LogP contribution in [0.4, 0.5) is 0 Å². The summed E-state index contributed by atoms with van der Waals surface area (Å²) in [5, 5.41) is 0. The standard InChI is InChI=1S/C11H14O4/c1-8(12)3-5-10(14)7-11(15)6-4-9(2)13/h5-6H,3-4,7H2,1-2H3. The molecule has 4 heteroatoms. The van der Waals surface area contributed by atoms with E-state index < -0.39 is 0 Å². The predicted molar refractivity (Wildman–Crippen MR) is 53.8 cm³/mol. The van der Waals surface area contributed by atoms with Crippen molar-refractivity contribution in [3.8, 4) is 0 Å². The third-order valence-corrected chi connectivity index (χ3v) is 1.58. The summed E-state index contributed by atoms with van der Waals surface area (Å²) in [6.45, 7) is 2.74. The fourth-order valence-corrected chi connectivity index (χ4v) is 0.831. The summed E-state index contributed by atoms with van der Waals surface area (Å²) in [6, 6.07) is 0. The zero-order valence-corrected chi connectivity index (χ0v) is 8.91. The summed E-state index contributed by atoms with van der Waals surface area (Å²) in [5.41, 5.74) is 0. The van der Waals surface area contributed by atoms with Crippen molar-refractivity contribution in [2.45, 2.75) is 33.1 Å². The van der Waals surface area contributed by atoms with Crippen LogP contribution in [-0.4, -0.2) is 23.1 Å². The summed E-state index contributed by atoms with van der Waals surface area (Å²) in [4.78, 5) is 43.2. The first-order valence-electron chi connectivity index (χ1n) is 4.62. The molecule has 0 heterocycles. The second-order valence-corrected chi connectivity index (χ2v) is 3.33. The third-order valence-electron chi connectivity index (χ3n) is 1.58. The Hall–Kier alpha value is -1.32. The normalized spacial score (nSPS) is 9.73. The zero-order chi connectivity index (χ0) is 11.8. The van der Waals surface area contributed by atoms with Gasteiger partial charge in [-0.2, -0.15) is 0 Å². The molecule has 0 rings (SSSR count). The number of hydrogen-bond acceptors (Lipinski definition) is 4. The highest BCUT2D eigenvalue weighted by molar-refractivity contribution is 6.08. The Morgan fingerprint density at radius 2 is 1.13 bits per heavy atom. The van der Waals surface area contributed by atoms with Crippen LogP contribution >= 0.6 is 0 Å². The molecule has 0 aromatic heterocycles. The first kappa shape index (κ1) is 13.7. The largest absolute Gasteiger partial charge is 0.300 e. The molecule has 0 aromatic rings. The Balaban J connectivity index is 3.71. The van der Waals surface area contributed by atoms with E-state index in [0.717, 1.165) is 0 Å². The topological polar surface area (TPSA) is 68.3 Å². The molecular weight excluding hydrogens is 196 g/mol. The number of ketones is 4. The van der Waals surface area contributed by atoms with E-state index in [0.29, 0.717) is 0 Å². The SMILES string of the molecule is CC(=O)C[CH]C(=O)CC(=O)[CH]CC(C)=O. The molecule has 4 nitrogen and oxygen atoms in total. The van der Waals surface area contributed by atoms with Gasteiger partial charge in [0.1, 0.15) is 23.1 Å². The second-order valence-electron chi connectivity index (χ2n) is 3.33. The van der Waals surface area contributed by atoms with Crippen LogP contribution in [0.1, 0.15) is 33.1 Å². The van der Waals surface area contributed by atoms with Crippen LogP contribution in [0.5, 0.6) is 0 Å². The van der Waals surface area contributed by atoms with Crippen molar-refractivity contribution in [2.75, 3.05) is 0 Å². The summed E-state index contributed by atoms with van der Waals surface area (Å²) >= 11 is 0. The molecular formula is C11H14O4. The first-order chi connectivity index (χ1) is 6.91. The van der Waals surface area contributed by atoms with Crippen LogP contribution in [0, 0.1) is 12.8 Å². The van der Waals surface area contributed by atoms with Crippen molar-refractivity contribution < 1.29 is 19.2 Å². The van der Waals surface area contributed by atoms with E-state index in [9.17, 15) is 19.2 Å². The minimum Gasteiger partial charge on any atom is -0.300 e.